The molecule has 156 valence electrons. The molecule has 0 N–H and O–H groups in total. The van der Waals surface area contributed by atoms with E-state index in [0.717, 1.165) is 24.3 Å². The lowest BCUT2D eigenvalue weighted by molar-refractivity contribution is -0.155. The van der Waals surface area contributed by atoms with Crippen molar-refractivity contribution in [1.82, 2.24) is 0 Å². The van der Waals surface area contributed by atoms with Crippen molar-refractivity contribution in [3.8, 4) is 0 Å². The highest BCUT2D eigenvalue weighted by molar-refractivity contribution is 5.66. The van der Waals surface area contributed by atoms with E-state index in [2.05, 4.69) is 0 Å². The zero-order chi connectivity index (χ0) is 19.8. The average Bonchev–Trinajstić information content (AvgIpc) is 3.31. The first-order chi connectivity index (χ1) is 14.1. The van der Waals surface area contributed by atoms with Crippen molar-refractivity contribution in [3.05, 3.63) is 34.4 Å². The molecule has 0 amide bonds. The SMILES string of the molecule is CC(=O)OC1CCC2CCC3C(CCC4CCC5OC453)C2C1c1ccc(=O)oc1. The molecule has 1 saturated heterocycles. The quantitative estimate of drug-likeness (QED) is 0.555. The molecule has 5 fully saturated rings. The fraction of sp³-hybridized carbons (Fsp3) is 0.750. The van der Waals surface area contributed by atoms with E-state index < -0.39 is 0 Å². The Balaban J connectivity index is 1.39. The predicted molar refractivity (Wildman–Crippen MR) is 105 cm³/mol. The van der Waals surface area contributed by atoms with E-state index in [1.165, 1.54) is 51.5 Å². The summed E-state index contributed by atoms with van der Waals surface area (Å²) in [7, 11) is 0. The fourth-order valence-corrected chi connectivity index (χ4v) is 8.24. The predicted octanol–water partition coefficient (Wildman–Crippen LogP) is 4.05. The second-order valence-electron chi connectivity index (χ2n) is 10.1. The van der Waals surface area contributed by atoms with Crippen LogP contribution in [0, 0.1) is 29.6 Å². The standard InChI is InChI=1S/C24H30O5/c1-13(25)28-19-9-3-14-2-8-18-17(7-5-16-6-10-20-24(16,18)29-20)22(14)23(19)15-4-11-21(26)27-12-15/h4,11-12,14,16-20,22-23H,2-3,5-10H2,1H3. The number of hydrogen-bond donors (Lipinski definition) is 0. The van der Waals surface area contributed by atoms with Gasteiger partial charge in [0.2, 0.25) is 0 Å². The molecule has 1 aromatic heterocycles. The Kier molecular flexibility index (Phi) is 4.03. The third-order valence-corrected chi connectivity index (χ3v) is 9.10. The number of carbonyl (C=O) groups excluding carboxylic acids is 1. The van der Waals surface area contributed by atoms with E-state index in [4.69, 9.17) is 13.9 Å². The third-order valence-electron chi connectivity index (χ3n) is 9.10. The van der Waals surface area contributed by atoms with Gasteiger partial charge in [0, 0.05) is 18.9 Å². The number of rotatable bonds is 2. The zero-order valence-electron chi connectivity index (χ0n) is 17.0. The Morgan fingerprint density at radius 1 is 1.07 bits per heavy atom. The molecule has 5 aliphatic rings. The minimum absolute atomic E-state index is 0.112. The maximum Gasteiger partial charge on any atom is 0.335 e. The molecule has 1 aliphatic heterocycles. The molecule has 9 unspecified atom stereocenters. The molecule has 9 atom stereocenters. The molecule has 5 heteroatoms. The van der Waals surface area contributed by atoms with Crippen LogP contribution in [0.15, 0.2) is 27.6 Å². The lowest BCUT2D eigenvalue weighted by Crippen LogP contribution is -2.53. The van der Waals surface area contributed by atoms with Crippen LogP contribution in [0.1, 0.15) is 69.8 Å². The molecule has 5 nitrogen and oxygen atoms in total. The topological polar surface area (TPSA) is 69.0 Å². The zero-order valence-corrected chi connectivity index (χ0v) is 17.0. The molecule has 4 saturated carbocycles. The maximum atomic E-state index is 11.9. The molecule has 2 heterocycles. The summed E-state index contributed by atoms with van der Waals surface area (Å²) in [6.07, 6.45) is 11.7. The molecule has 29 heavy (non-hydrogen) atoms. The van der Waals surface area contributed by atoms with E-state index >= 15 is 0 Å². The summed E-state index contributed by atoms with van der Waals surface area (Å²) in [5.41, 5.74) is 0.854. The Hall–Kier alpha value is -1.62. The molecule has 0 bridgehead atoms. The molecule has 6 rings (SSSR count). The minimum Gasteiger partial charge on any atom is -0.462 e. The van der Waals surface area contributed by atoms with Crippen LogP contribution in [-0.2, 0) is 14.3 Å². The second-order valence-corrected chi connectivity index (χ2v) is 10.1. The van der Waals surface area contributed by atoms with Crippen molar-refractivity contribution < 1.29 is 18.7 Å². The summed E-state index contributed by atoms with van der Waals surface area (Å²) in [6, 6.07) is 3.41. The summed E-state index contributed by atoms with van der Waals surface area (Å²) >= 11 is 0. The Bertz CT molecular complexity index is 856. The number of hydrogen-bond acceptors (Lipinski definition) is 5. The summed E-state index contributed by atoms with van der Waals surface area (Å²) < 4.78 is 17.5. The smallest absolute Gasteiger partial charge is 0.335 e. The Morgan fingerprint density at radius 3 is 2.66 bits per heavy atom. The van der Waals surface area contributed by atoms with Crippen LogP contribution in [0.3, 0.4) is 0 Å². The van der Waals surface area contributed by atoms with Crippen LogP contribution in [0.25, 0.3) is 0 Å². The number of epoxide rings is 1. The number of ether oxygens (including phenoxy) is 2. The first-order valence-corrected chi connectivity index (χ1v) is 11.5. The van der Waals surface area contributed by atoms with Gasteiger partial charge in [0.1, 0.15) is 11.7 Å². The Labute approximate surface area is 171 Å². The molecule has 0 aromatic carbocycles. The van der Waals surface area contributed by atoms with Crippen molar-refractivity contribution in [2.24, 2.45) is 29.6 Å². The highest BCUT2D eigenvalue weighted by atomic mass is 16.6. The molecular formula is C24H30O5. The summed E-state index contributed by atoms with van der Waals surface area (Å²) in [6.45, 7) is 1.50. The van der Waals surface area contributed by atoms with Crippen molar-refractivity contribution >= 4 is 5.97 Å². The number of esters is 1. The summed E-state index contributed by atoms with van der Waals surface area (Å²) in [5.74, 6) is 3.04. The van der Waals surface area contributed by atoms with E-state index in [-0.39, 0.29) is 29.2 Å². The van der Waals surface area contributed by atoms with Gasteiger partial charge >= 0.3 is 11.6 Å². The molecule has 4 aliphatic carbocycles. The van der Waals surface area contributed by atoms with Gasteiger partial charge in [0.15, 0.2) is 0 Å². The second kappa shape index (κ2) is 6.44. The van der Waals surface area contributed by atoms with Crippen molar-refractivity contribution in [2.45, 2.75) is 82.0 Å². The largest absolute Gasteiger partial charge is 0.462 e. The Morgan fingerprint density at radius 2 is 1.90 bits per heavy atom. The van der Waals surface area contributed by atoms with E-state index in [1.807, 2.05) is 6.07 Å². The van der Waals surface area contributed by atoms with Crippen LogP contribution in [-0.4, -0.2) is 23.8 Å². The monoisotopic (exact) mass is 398 g/mol. The highest BCUT2D eigenvalue weighted by Gasteiger charge is 2.72. The van der Waals surface area contributed by atoms with Crippen molar-refractivity contribution in [1.29, 1.82) is 0 Å². The maximum absolute atomic E-state index is 11.9. The van der Waals surface area contributed by atoms with Crippen LogP contribution >= 0.6 is 0 Å². The lowest BCUT2D eigenvalue weighted by Gasteiger charge is -2.55. The molecular weight excluding hydrogens is 368 g/mol. The lowest BCUT2D eigenvalue weighted by atomic mass is 9.50. The normalized spacial score (nSPS) is 47.3. The van der Waals surface area contributed by atoms with E-state index in [0.29, 0.717) is 29.8 Å². The highest BCUT2D eigenvalue weighted by Crippen LogP contribution is 2.69. The van der Waals surface area contributed by atoms with Gasteiger partial charge in [-0.1, -0.05) is 0 Å². The molecule has 1 spiro atoms. The van der Waals surface area contributed by atoms with Crippen LogP contribution < -0.4 is 5.63 Å². The fourth-order valence-electron chi connectivity index (χ4n) is 8.24. The minimum atomic E-state index is -0.328. The van der Waals surface area contributed by atoms with E-state index in [1.54, 1.807) is 6.26 Å². The third kappa shape index (κ3) is 2.62. The van der Waals surface area contributed by atoms with Gasteiger partial charge in [-0.15, -0.1) is 0 Å². The molecule has 0 radical (unpaired) electrons. The molecule has 1 aromatic rings. The van der Waals surface area contributed by atoms with Gasteiger partial charge in [0.05, 0.1) is 12.4 Å². The van der Waals surface area contributed by atoms with Gasteiger partial charge in [0.25, 0.3) is 0 Å². The summed E-state index contributed by atoms with van der Waals surface area (Å²) in [5, 5.41) is 0. The van der Waals surface area contributed by atoms with Crippen LogP contribution in [0.2, 0.25) is 0 Å². The van der Waals surface area contributed by atoms with Crippen molar-refractivity contribution in [2.75, 3.05) is 0 Å². The first kappa shape index (κ1) is 18.2. The summed E-state index contributed by atoms with van der Waals surface area (Å²) in [4.78, 5) is 23.5. The van der Waals surface area contributed by atoms with Gasteiger partial charge in [-0.2, -0.15) is 0 Å². The van der Waals surface area contributed by atoms with Gasteiger partial charge in [-0.05, 0) is 92.6 Å². The van der Waals surface area contributed by atoms with Gasteiger partial charge in [-0.3, -0.25) is 4.79 Å². The van der Waals surface area contributed by atoms with Gasteiger partial charge < -0.3 is 13.9 Å². The van der Waals surface area contributed by atoms with Crippen LogP contribution in [0.4, 0.5) is 0 Å². The number of fused-ring (bicyclic) bond motifs is 3. The van der Waals surface area contributed by atoms with Gasteiger partial charge in [-0.25, -0.2) is 4.79 Å². The van der Waals surface area contributed by atoms with Crippen molar-refractivity contribution in [3.63, 3.8) is 0 Å². The average molecular weight is 398 g/mol. The number of carbonyl (C=O) groups is 1. The van der Waals surface area contributed by atoms with E-state index in [9.17, 15) is 9.59 Å². The van der Waals surface area contributed by atoms with Crippen LogP contribution in [0.5, 0.6) is 0 Å². The first-order valence-electron chi connectivity index (χ1n) is 11.5.